The second-order valence-corrected chi connectivity index (χ2v) is 5.73. The van der Waals surface area contributed by atoms with Crippen molar-refractivity contribution in [1.82, 2.24) is 29.9 Å². The molecule has 0 aliphatic rings. The Morgan fingerprint density at radius 1 is 1.32 bits per heavy atom. The quantitative estimate of drug-likeness (QED) is 0.588. The van der Waals surface area contributed by atoms with E-state index < -0.39 is 0 Å². The fourth-order valence-corrected chi connectivity index (χ4v) is 2.83. The number of fused-ring (bicyclic) bond motifs is 3. The lowest BCUT2D eigenvalue weighted by atomic mass is 10.1. The first kappa shape index (κ1) is 15.1. The lowest BCUT2D eigenvalue weighted by Crippen LogP contribution is -2.19. The number of nitrogens with one attached hydrogen (secondary N) is 1. The molecule has 126 valence electrons. The highest BCUT2D eigenvalue weighted by Gasteiger charge is 2.12. The van der Waals surface area contributed by atoms with E-state index in [9.17, 15) is 4.79 Å². The van der Waals surface area contributed by atoms with Crippen molar-refractivity contribution in [2.45, 2.75) is 13.0 Å². The summed E-state index contributed by atoms with van der Waals surface area (Å²) >= 11 is 0. The highest BCUT2D eigenvalue weighted by atomic mass is 16.1. The number of anilines is 1. The van der Waals surface area contributed by atoms with E-state index in [0.29, 0.717) is 18.8 Å². The molecule has 0 unspecified atom stereocenters. The summed E-state index contributed by atoms with van der Waals surface area (Å²) in [5.74, 6) is 0.394. The molecule has 0 saturated carbocycles. The summed E-state index contributed by atoms with van der Waals surface area (Å²) < 4.78 is 3.50. The predicted molar refractivity (Wildman–Crippen MR) is 95.3 cm³/mol. The van der Waals surface area contributed by atoms with Crippen LogP contribution in [0, 0.1) is 0 Å². The normalized spacial score (nSPS) is 11.2. The Kier molecular flexibility index (Phi) is 3.57. The highest BCUT2D eigenvalue weighted by Crippen LogP contribution is 2.28. The van der Waals surface area contributed by atoms with Crippen molar-refractivity contribution in [1.29, 1.82) is 0 Å². The number of amides is 1. The molecule has 25 heavy (non-hydrogen) atoms. The monoisotopic (exact) mass is 335 g/mol. The Morgan fingerprint density at radius 3 is 2.96 bits per heavy atom. The molecule has 0 atom stereocenters. The van der Waals surface area contributed by atoms with Crippen molar-refractivity contribution in [2.24, 2.45) is 0 Å². The SMILES string of the molecule is CNC(=O)CCn1cc2c(N)nc3cc(-n4cccn4)ccc3c2n1. The van der Waals surface area contributed by atoms with Gasteiger partial charge in [-0.25, -0.2) is 9.67 Å². The molecule has 4 rings (SSSR count). The number of carbonyl (C=O) groups is 1. The minimum Gasteiger partial charge on any atom is -0.383 e. The highest BCUT2D eigenvalue weighted by molar-refractivity contribution is 6.07. The summed E-state index contributed by atoms with van der Waals surface area (Å²) in [6, 6.07) is 7.73. The number of nitrogens with zero attached hydrogens (tertiary/aromatic N) is 5. The molecule has 0 saturated heterocycles. The molecule has 0 spiro atoms. The van der Waals surface area contributed by atoms with Crippen molar-refractivity contribution < 1.29 is 4.79 Å². The molecule has 3 heterocycles. The Labute approximate surface area is 143 Å². The van der Waals surface area contributed by atoms with E-state index >= 15 is 0 Å². The number of carbonyl (C=O) groups excluding carboxylic acids is 1. The van der Waals surface area contributed by atoms with Gasteiger partial charge in [0, 0.05) is 44.0 Å². The second-order valence-electron chi connectivity index (χ2n) is 5.73. The Bertz CT molecular complexity index is 1070. The van der Waals surface area contributed by atoms with Crippen LogP contribution in [0.1, 0.15) is 6.42 Å². The number of aryl methyl sites for hydroxylation is 1. The first-order chi connectivity index (χ1) is 12.2. The summed E-state index contributed by atoms with van der Waals surface area (Å²) in [5.41, 5.74) is 8.57. The number of hydrogen-bond donors (Lipinski definition) is 2. The molecule has 8 nitrogen and oxygen atoms in total. The third-order valence-corrected chi connectivity index (χ3v) is 4.13. The third-order valence-electron chi connectivity index (χ3n) is 4.13. The zero-order valence-corrected chi connectivity index (χ0v) is 13.7. The van der Waals surface area contributed by atoms with Crippen molar-refractivity contribution in [3.63, 3.8) is 0 Å². The first-order valence-electron chi connectivity index (χ1n) is 7.92. The summed E-state index contributed by atoms with van der Waals surface area (Å²) in [7, 11) is 1.62. The number of benzene rings is 1. The number of nitrogen functional groups attached to an aromatic ring is 1. The fourth-order valence-electron chi connectivity index (χ4n) is 2.83. The molecule has 8 heteroatoms. The third kappa shape index (κ3) is 2.67. The van der Waals surface area contributed by atoms with Gasteiger partial charge < -0.3 is 11.1 Å². The number of aromatic nitrogens is 5. The van der Waals surface area contributed by atoms with Crippen LogP contribution in [0.5, 0.6) is 0 Å². The van der Waals surface area contributed by atoms with E-state index in [2.05, 4.69) is 20.5 Å². The zero-order chi connectivity index (χ0) is 17.4. The molecule has 0 fully saturated rings. The smallest absolute Gasteiger partial charge is 0.221 e. The number of pyridine rings is 1. The van der Waals surface area contributed by atoms with Crippen LogP contribution in [0.4, 0.5) is 5.82 Å². The van der Waals surface area contributed by atoms with Gasteiger partial charge in [-0.1, -0.05) is 0 Å². The van der Waals surface area contributed by atoms with Gasteiger partial charge in [-0.3, -0.25) is 9.48 Å². The van der Waals surface area contributed by atoms with Crippen LogP contribution in [0.25, 0.3) is 27.5 Å². The van der Waals surface area contributed by atoms with Gasteiger partial charge in [-0.15, -0.1) is 0 Å². The standard InChI is InChI=1S/C17H17N7O/c1-19-15(25)5-8-23-10-13-16(22-23)12-4-3-11(24-7-2-6-20-24)9-14(12)21-17(13)18/h2-4,6-7,9-10H,5,8H2,1H3,(H2,18,21)(H,19,25). The van der Waals surface area contributed by atoms with Crippen LogP contribution in [-0.2, 0) is 11.3 Å². The van der Waals surface area contributed by atoms with E-state index in [1.54, 1.807) is 22.6 Å². The van der Waals surface area contributed by atoms with E-state index in [1.807, 2.05) is 36.7 Å². The second kappa shape index (κ2) is 5.90. The van der Waals surface area contributed by atoms with Gasteiger partial charge in [0.2, 0.25) is 5.91 Å². The molecule has 1 amide bonds. The zero-order valence-electron chi connectivity index (χ0n) is 13.7. The molecule has 3 aromatic heterocycles. The van der Waals surface area contributed by atoms with Gasteiger partial charge in [-0.2, -0.15) is 10.2 Å². The van der Waals surface area contributed by atoms with Crippen LogP contribution in [0.2, 0.25) is 0 Å². The molecular formula is C17H17N7O. The fraction of sp³-hybridized carbons (Fsp3) is 0.176. The van der Waals surface area contributed by atoms with Gasteiger partial charge in [0.25, 0.3) is 0 Å². The molecule has 0 aliphatic heterocycles. The molecule has 3 N–H and O–H groups in total. The Balaban J connectivity index is 1.80. The number of nitrogens with two attached hydrogens (primary N) is 1. The van der Waals surface area contributed by atoms with Gasteiger partial charge in [0.15, 0.2) is 0 Å². The Morgan fingerprint density at radius 2 is 2.20 bits per heavy atom. The van der Waals surface area contributed by atoms with E-state index in [4.69, 9.17) is 5.73 Å². The molecule has 4 aromatic rings. The summed E-state index contributed by atoms with van der Waals surface area (Å²) in [6.45, 7) is 0.487. The molecular weight excluding hydrogens is 318 g/mol. The first-order valence-corrected chi connectivity index (χ1v) is 7.92. The van der Waals surface area contributed by atoms with Gasteiger partial charge in [0.05, 0.1) is 16.6 Å². The maximum atomic E-state index is 11.4. The topological polar surface area (TPSA) is 104 Å². The van der Waals surface area contributed by atoms with Crippen LogP contribution in [-0.4, -0.2) is 37.5 Å². The average molecular weight is 335 g/mol. The lowest BCUT2D eigenvalue weighted by molar-refractivity contribution is -0.120. The summed E-state index contributed by atoms with van der Waals surface area (Å²) in [4.78, 5) is 15.9. The van der Waals surface area contributed by atoms with Crippen LogP contribution in [0.3, 0.4) is 0 Å². The minimum absolute atomic E-state index is 0.0284. The molecule has 0 aliphatic carbocycles. The van der Waals surface area contributed by atoms with Gasteiger partial charge in [-0.05, 0) is 24.3 Å². The van der Waals surface area contributed by atoms with Crippen molar-refractivity contribution in [2.75, 3.05) is 12.8 Å². The maximum Gasteiger partial charge on any atom is 0.221 e. The van der Waals surface area contributed by atoms with Crippen molar-refractivity contribution in [3.05, 3.63) is 42.9 Å². The lowest BCUT2D eigenvalue weighted by Gasteiger charge is -2.05. The van der Waals surface area contributed by atoms with E-state index in [1.165, 1.54) is 0 Å². The number of rotatable bonds is 4. The predicted octanol–water partition coefficient (Wildman–Crippen LogP) is 1.49. The minimum atomic E-state index is -0.0284. The van der Waals surface area contributed by atoms with E-state index in [0.717, 1.165) is 27.5 Å². The van der Waals surface area contributed by atoms with Crippen molar-refractivity contribution in [3.8, 4) is 5.69 Å². The van der Waals surface area contributed by atoms with Crippen molar-refractivity contribution >= 4 is 33.5 Å². The maximum absolute atomic E-state index is 11.4. The van der Waals surface area contributed by atoms with Crippen LogP contribution >= 0.6 is 0 Å². The Hall–Kier alpha value is -3.42. The summed E-state index contributed by atoms with van der Waals surface area (Å²) in [6.07, 6.45) is 5.79. The van der Waals surface area contributed by atoms with E-state index in [-0.39, 0.29) is 5.91 Å². The van der Waals surface area contributed by atoms with Crippen LogP contribution < -0.4 is 11.1 Å². The molecule has 0 bridgehead atoms. The average Bonchev–Trinajstić information content (AvgIpc) is 3.29. The largest absolute Gasteiger partial charge is 0.383 e. The van der Waals surface area contributed by atoms with Gasteiger partial charge in [0.1, 0.15) is 11.3 Å². The molecule has 1 aromatic carbocycles. The molecule has 0 radical (unpaired) electrons. The summed E-state index contributed by atoms with van der Waals surface area (Å²) in [5, 5.41) is 13.1. The van der Waals surface area contributed by atoms with Crippen LogP contribution in [0.15, 0.2) is 42.9 Å². The number of hydrogen-bond acceptors (Lipinski definition) is 5. The van der Waals surface area contributed by atoms with Gasteiger partial charge >= 0.3 is 0 Å².